The zero-order valence-corrected chi connectivity index (χ0v) is 15.0. The number of methoxy groups -OCH3 is 2. The van der Waals surface area contributed by atoms with Crippen LogP contribution in [0.15, 0.2) is 60.7 Å². The van der Waals surface area contributed by atoms with E-state index in [2.05, 4.69) is 47.4 Å². The van der Waals surface area contributed by atoms with Crippen LogP contribution in [-0.2, 0) is 0 Å². The largest absolute Gasteiger partial charge is 0.493 e. The Hall–Kier alpha value is -3.27. The first-order chi connectivity index (χ1) is 12.7. The molecule has 130 valence electrons. The molecule has 0 radical (unpaired) electrons. The molecule has 4 rings (SSSR count). The Kier molecular flexibility index (Phi) is 4.09. The van der Waals surface area contributed by atoms with Crippen molar-refractivity contribution in [2.45, 2.75) is 6.92 Å². The van der Waals surface area contributed by atoms with Gasteiger partial charge in [-0.15, -0.1) is 0 Å². The van der Waals surface area contributed by atoms with Gasteiger partial charge in [0.15, 0.2) is 11.5 Å². The molecule has 0 aliphatic heterocycles. The van der Waals surface area contributed by atoms with Crippen LogP contribution in [0.2, 0.25) is 0 Å². The fraction of sp³-hybridized carbons (Fsp3) is 0.136. The summed E-state index contributed by atoms with van der Waals surface area (Å²) in [5.41, 5.74) is 4.08. The number of fused-ring (bicyclic) bond motifs is 1. The highest BCUT2D eigenvalue weighted by Crippen LogP contribution is 2.34. The lowest BCUT2D eigenvalue weighted by Gasteiger charge is -2.08. The molecule has 0 aliphatic rings. The van der Waals surface area contributed by atoms with Gasteiger partial charge in [-0.05, 0) is 35.9 Å². The first kappa shape index (κ1) is 16.2. The van der Waals surface area contributed by atoms with Crippen molar-refractivity contribution in [1.82, 2.24) is 9.97 Å². The van der Waals surface area contributed by atoms with Crippen molar-refractivity contribution in [2.75, 3.05) is 14.2 Å². The minimum absolute atomic E-state index is 0.686. The summed E-state index contributed by atoms with van der Waals surface area (Å²) in [5, 5.41) is 2.41. The number of ether oxygens (including phenoxy) is 2. The van der Waals surface area contributed by atoms with E-state index in [4.69, 9.17) is 14.5 Å². The van der Waals surface area contributed by atoms with Crippen LogP contribution in [0.1, 0.15) is 5.69 Å². The average molecular weight is 344 g/mol. The lowest BCUT2D eigenvalue weighted by atomic mass is 10.0. The number of imidazole rings is 1. The van der Waals surface area contributed by atoms with Crippen molar-refractivity contribution in [3.63, 3.8) is 0 Å². The number of aromatic nitrogens is 2. The predicted octanol–water partition coefficient (Wildman–Crippen LogP) is 5.22. The van der Waals surface area contributed by atoms with Crippen molar-refractivity contribution in [3.8, 4) is 34.1 Å². The number of benzene rings is 3. The van der Waals surface area contributed by atoms with E-state index in [-0.39, 0.29) is 0 Å². The molecule has 0 bridgehead atoms. The molecule has 0 spiro atoms. The Bertz CT molecular complexity index is 1080. The zero-order chi connectivity index (χ0) is 18.1. The molecule has 1 N–H and O–H groups in total. The van der Waals surface area contributed by atoms with Gasteiger partial charge in [0.25, 0.3) is 0 Å². The topological polar surface area (TPSA) is 47.1 Å². The molecule has 26 heavy (non-hydrogen) atoms. The van der Waals surface area contributed by atoms with E-state index in [0.717, 1.165) is 28.3 Å². The summed E-state index contributed by atoms with van der Waals surface area (Å²) >= 11 is 0. The second-order valence-corrected chi connectivity index (χ2v) is 6.16. The normalized spacial score (nSPS) is 10.9. The van der Waals surface area contributed by atoms with E-state index in [1.807, 2.05) is 25.1 Å². The van der Waals surface area contributed by atoms with Crippen LogP contribution in [-0.4, -0.2) is 24.2 Å². The van der Waals surface area contributed by atoms with Gasteiger partial charge in [-0.3, -0.25) is 0 Å². The van der Waals surface area contributed by atoms with Gasteiger partial charge in [0, 0.05) is 16.8 Å². The van der Waals surface area contributed by atoms with Gasteiger partial charge in [0.1, 0.15) is 5.82 Å². The van der Waals surface area contributed by atoms with Crippen molar-refractivity contribution < 1.29 is 9.47 Å². The van der Waals surface area contributed by atoms with Crippen LogP contribution in [0.3, 0.4) is 0 Å². The van der Waals surface area contributed by atoms with E-state index in [9.17, 15) is 0 Å². The third-order valence-corrected chi connectivity index (χ3v) is 4.59. The smallest absolute Gasteiger partial charge is 0.161 e. The Balaban J connectivity index is 1.83. The van der Waals surface area contributed by atoms with Gasteiger partial charge < -0.3 is 14.5 Å². The van der Waals surface area contributed by atoms with Gasteiger partial charge in [-0.1, -0.05) is 42.5 Å². The van der Waals surface area contributed by atoms with Gasteiger partial charge in [0.2, 0.25) is 0 Å². The first-order valence-electron chi connectivity index (χ1n) is 8.48. The molecular weight excluding hydrogens is 324 g/mol. The Morgan fingerprint density at radius 3 is 2.42 bits per heavy atom. The molecule has 0 fully saturated rings. The number of aromatic amines is 1. The van der Waals surface area contributed by atoms with E-state index in [1.54, 1.807) is 14.2 Å². The molecule has 0 saturated carbocycles. The molecule has 4 heteroatoms. The van der Waals surface area contributed by atoms with Crippen molar-refractivity contribution in [3.05, 3.63) is 66.4 Å². The second-order valence-electron chi connectivity index (χ2n) is 6.16. The van der Waals surface area contributed by atoms with Crippen LogP contribution in [0.25, 0.3) is 33.4 Å². The summed E-state index contributed by atoms with van der Waals surface area (Å²) in [7, 11) is 3.27. The number of H-pyrrole nitrogens is 1. The third kappa shape index (κ3) is 2.69. The zero-order valence-electron chi connectivity index (χ0n) is 15.0. The number of hydrogen-bond donors (Lipinski definition) is 1. The van der Waals surface area contributed by atoms with Gasteiger partial charge in [-0.2, -0.15) is 0 Å². The summed E-state index contributed by atoms with van der Waals surface area (Å²) < 4.78 is 10.7. The quantitative estimate of drug-likeness (QED) is 0.552. The molecule has 0 saturated heterocycles. The lowest BCUT2D eigenvalue weighted by molar-refractivity contribution is 0.355. The Labute approximate surface area is 152 Å². The fourth-order valence-electron chi connectivity index (χ4n) is 3.27. The molecule has 1 heterocycles. The van der Waals surface area contributed by atoms with E-state index >= 15 is 0 Å². The maximum absolute atomic E-state index is 5.41. The van der Waals surface area contributed by atoms with Crippen molar-refractivity contribution >= 4 is 10.8 Å². The summed E-state index contributed by atoms with van der Waals surface area (Å²) in [6, 6.07) is 20.5. The molecule has 0 aliphatic carbocycles. The molecule has 3 aromatic carbocycles. The van der Waals surface area contributed by atoms with Crippen LogP contribution < -0.4 is 9.47 Å². The Morgan fingerprint density at radius 1 is 0.846 bits per heavy atom. The lowest BCUT2D eigenvalue weighted by Crippen LogP contribution is -1.91. The molecule has 0 amide bonds. The number of nitrogens with zero attached hydrogens (tertiary/aromatic N) is 1. The SMILES string of the molecule is COc1ccc(-c2nc(-c3cccc4ccccc34)c(C)[nH]2)cc1OC. The highest BCUT2D eigenvalue weighted by atomic mass is 16.5. The standard InChI is InChI=1S/C22H20N2O2/c1-14-21(18-10-6-8-15-7-4-5-9-17(15)18)24-22(23-14)16-11-12-19(25-2)20(13-16)26-3/h4-13H,1-3H3,(H,23,24). The first-order valence-corrected chi connectivity index (χ1v) is 8.48. The van der Waals surface area contributed by atoms with Crippen LogP contribution >= 0.6 is 0 Å². The maximum Gasteiger partial charge on any atom is 0.161 e. The molecule has 4 aromatic rings. The highest BCUT2D eigenvalue weighted by Gasteiger charge is 2.14. The molecular formula is C22H20N2O2. The molecule has 4 nitrogen and oxygen atoms in total. The molecule has 0 unspecified atom stereocenters. The van der Waals surface area contributed by atoms with Crippen molar-refractivity contribution in [1.29, 1.82) is 0 Å². The average Bonchev–Trinajstić information content (AvgIpc) is 3.08. The van der Waals surface area contributed by atoms with Crippen LogP contribution in [0.4, 0.5) is 0 Å². The number of nitrogens with one attached hydrogen (secondary N) is 1. The van der Waals surface area contributed by atoms with E-state index in [1.165, 1.54) is 10.8 Å². The van der Waals surface area contributed by atoms with E-state index < -0.39 is 0 Å². The minimum Gasteiger partial charge on any atom is -0.493 e. The van der Waals surface area contributed by atoms with Crippen molar-refractivity contribution in [2.24, 2.45) is 0 Å². The summed E-state index contributed by atoms with van der Waals surface area (Å²) in [6.07, 6.45) is 0. The predicted molar refractivity (Wildman–Crippen MR) is 105 cm³/mol. The molecule has 0 atom stereocenters. The van der Waals surface area contributed by atoms with Gasteiger partial charge in [-0.25, -0.2) is 4.98 Å². The second kappa shape index (κ2) is 6.56. The van der Waals surface area contributed by atoms with Crippen LogP contribution in [0, 0.1) is 6.92 Å². The maximum atomic E-state index is 5.41. The van der Waals surface area contributed by atoms with Gasteiger partial charge in [0.05, 0.1) is 19.9 Å². The minimum atomic E-state index is 0.686. The number of rotatable bonds is 4. The number of hydrogen-bond acceptors (Lipinski definition) is 3. The Morgan fingerprint density at radius 2 is 1.62 bits per heavy atom. The molecule has 1 aromatic heterocycles. The highest BCUT2D eigenvalue weighted by molar-refractivity contribution is 5.96. The summed E-state index contributed by atoms with van der Waals surface area (Å²) in [5.74, 6) is 2.20. The summed E-state index contributed by atoms with van der Waals surface area (Å²) in [6.45, 7) is 2.05. The number of aryl methyl sites for hydroxylation is 1. The van der Waals surface area contributed by atoms with Gasteiger partial charge >= 0.3 is 0 Å². The van der Waals surface area contributed by atoms with E-state index in [0.29, 0.717) is 11.5 Å². The monoisotopic (exact) mass is 344 g/mol. The third-order valence-electron chi connectivity index (χ3n) is 4.59. The summed E-state index contributed by atoms with van der Waals surface area (Å²) in [4.78, 5) is 8.28. The van der Waals surface area contributed by atoms with Crippen LogP contribution in [0.5, 0.6) is 11.5 Å². The fourth-order valence-corrected chi connectivity index (χ4v) is 3.27.